The minimum atomic E-state index is -4.10. The van der Waals surface area contributed by atoms with Crippen LogP contribution >= 0.6 is 22.9 Å². The first-order chi connectivity index (χ1) is 13.3. The van der Waals surface area contributed by atoms with Crippen molar-refractivity contribution in [2.75, 3.05) is 29.7 Å². The molecule has 0 saturated heterocycles. The van der Waals surface area contributed by atoms with Crippen LogP contribution in [0.15, 0.2) is 28.6 Å². The number of benzene rings is 1. The summed E-state index contributed by atoms with van der Waals surface area (Å²) in [6.07, 6.45) is 4.33. The first-order valence-electron chi connectivity index (χ1n) is 8.91. The van der Waals surface area contributed by atoms with E-state index in [-0.39, 0.29) is 16.2 Å². The molecule has 1 heterocycles. The maximum absolute atomic E-state index is 14.4. The predicted molar refractivity (Wildman–Crippen MR) is 113 cm³/mol. The third-order valence-electron chi connectivity index (χ3n) is 3.78. The Bertz CT molecular complexity index is 847. The van der Waals surface area contributed by atoms with Crippen molar-refractivity contribution in [1.82, 2.24) is 10.3 Å². The van der Waals surface area contributed by atoms with Gasteiger partial charge in [-0.3, -0.25) is 4.72 Å². The lowest BCUT2D eigenvalue weighted by atomic mass is 10.2. The minimum Gasteiger partial charge on any atom is -0.384 e. The molecular formula is C17H25ClFN5O2S2. The average Bonchev–Trinajstić information content (AvgIpc) is 3.11. The summed E-state index contributed by atoms with van der Waals surface area (Å²) in [6.45, 7) is 4.25. The summed E-state index contributed by atoms with van der Waals surface area (Å²) in [7, 11) is -4.10. The van der Waals surface area contributed by atoms with E-state index in [0.717, 1.165) is 55.8 Å². The number of thiazole rings is 1. The molecule has 1 aromatic carbocycles. The Kier molecular flexibility index (Phi) is 8.90. The smallest absolute Gasteiger partial charge is 0.266 e. The van der Waals surface area contributed by atoms with Crippen molar-refractivity contribution in [3.05, 3.63) is 34.5 Å². The van der Waals surface area contributed by atoms with Crippen LogP contribution in [0.25, 0.3) is 0 Å². The summed E-state index contributed by atoms with van der Waals surface area (Å²) in [4.78, 5) is 3.32. The van der Waals surface area contributed by atoms with E-state index in [1.807, 2.05) is 6.92 Å². The van der Waals surface area contributed by atoms with Crippen molar-refractivity contribution in [3.63, 3.8) is 0 Å². The Hall–Kier alpha value is -1.46. The van der Waals surface area contributed by atoms with Gasteiger partial charge in [-0.25, -0.2) is 17.8 Å². The van der Waals surface area contributed by atoms with E-state index in [0.29, 0.717) is 12.2 Å². The van der Waals surface area contributed by atoms with Crippen LogP contribution < -0.4 is 21.1 Å². The highest BCUT2D eigenvalue weighted by Gasteiger charge is 2.22. The molecule has 156 valence electrons. The second kappa shape index (κ2) is 10.9. The van der Waals surface area contributed by atoms with Gasteiger partial charge in [0.25, 0.3) is 10.0 Å². The fourth-order valence-electron chi connectivity index (χ4n) is 2.42. The molecule has 0 amide bonds. The molecule has 5 N–H and O–H groups in total. The van der Waals surface area contributed by atoms with Crippen LogP contribution in [0.2, 0.25) is 5.02 Å². The van der Waals surface area contributed by atoms with Crippen molar-refractivity contribution >= 4 is 43.8 Å². The maximum Gasteiger partial charge on any atom is 0.266 e. The molecule has 0 radical (unpaired) electrons. The van der Waals surface area contributed by atoms with E-state index in [4.69, 9.17) is 17.3 Å². The zero-order valence-electron chi connectivity index (χ0n) is 15.5. The number of anilines is 2. The van der Waals surface area contributed by atoms with E-state index >= 15 is 0 Å². The van der Waals surface area contributed by atoms with Crippen molar-refractivity contribution in [3.8, 4) is 0 Å². The number of unbranched alkanes of at least 4 members (excludes halogenated alkanes) is 2. The summed E-state index contributed by atoms with van der Waals surface area (Å²) in [5.41, 5.74) is 6.02. The van der Waals surface area contributed by atoms with Gasteiger partial charge in [0.15, 0.2) is 5.13 Å². The molecule has 0 bridgehead atoms. The summed E-state index contributed by atoms with van der Waals surface area (Å²) in [6, 6.07) is 2.35. The van der Waals surface area contributed by atoms with Gasteiger partial charge in [0.05, 0.1) is 10.7 Å². The molecule has 28 heavy (non-hydrogen) atoms. The van der Waals surface area contributed by atoms with Gasteiger partial charge in [-0.15, -0.1) is 11.3 Å². The molecule has 7 nitrogen and oxygen atoms in total. The van der Waals surface area contributed by atoms with Crippen LogP contribution in [-0.2, 0) is 10.0 Å². The SMILES string of the molecule is CC(N)CNCCCCCNc1cc(F)c(S(=O)(=O)Nc2nccs2)cc1Cl. The first kappa shape index (κ1) is 22.8. The second-order valence-electron chi connectivity index (χ2n) is 6.37. The van der Waals surface area contributed by atoms with Crippen LogP contribution in [-0.4, -0.2) is 39.1 Å². The zero-order valence-corrected chi connectivity index (χ0v) is 17.9. The van der Waals surface area contributed by atoms with Crippen LogP contribution in [0.4, 0.5) is 15.2 Å². The van der Waals surface area contributed by atoms with E-state index in [1.165, 1.54) is 6.20 Å². The van der Waals surface area contributed by atoms with Crippen molar-refractivity contribution in [2.45, 2.75) is 37.1 Å². The predicted octanol–water partition coefficient (Wildman–Crippen LogP) is 3.26. The van der Waals surface area contributed by atoms with E-state index in [1.54, 1.807) is 5.38 Å². The third-order valence-corrected chi connectivity index (χ3v) is 6.26. The lowest BCUT2D eigenvalue weighted by molar-refractivity contribution is 0.569. The fourth-order valence-corrected chi connectivity index (χ4v) is 4.59. The molecular weight excluding hydrogens is 425 g/mol. The summed E-state index contributed by atoms with van der Waals surface area (Å²) in [5, 5.41) is 8.23. The Morgan fingerprint density at radius 1 is 1.29 bits per heavy atom. The topological polar surface area (TPSA) is 109 Å². The highest BCUT2D eigenvalue weighted by atomic mass is 35.5. The largest absolute Gasteiger partial charge is 0.384 e. The Morgan fingerprint density at radius 3 is 2.71 bits per heavy atom. The fraction of sp³-hybridized carbons (Fsp3) is 0.471. The number of hydrogen-bond donors (Lipinski definition) is 4. The maximum atomic E-state index is 14.4. The molecule has 0 aliphatic rings. The summed E-state index contributed by atoms with van der Waals surface area (Å²) < 4.78 is 41.3. The molecule has 1 unspecified atom stereocenters. The Morgan fingerprint density at radius 2 is 2.04 bits per heavy atom. The van der Waals surface area contributed by atoms with E-state index in [2.05, 4.69) is 20.3 Å². The van der Waals surface area contributed by atoms with Crippen molar-refractivity contribution in [2.24, 2.45) is 5.73 Å². The van der Waals surface area contributed by atoms with Crippen LogP contribution in [0.5, 0.6) is 0 Å². The number of halogens is 2. The van der Waals surface area contributed by atoms with Crippen molar-refractivity contribution in [1.29, 1.82) is 0 Å². The lowest BCUT2D eigenvalue weighted by Gasteiger charge is -2.12. The standard InChI is InChI=1S/C17H25ClFN5O2S2/c1-12(20)11-21-5-3-2-4-6-22-15-10-14(19)16(9-13(15)18)28(25,26)24-17-23-7-8-27-17/h7-10,12,21-22H,2-6,11,20H2,1H3,(H,23,24). The van der Waals surface area contributed by atoms with Gasteiger partial charge >= 0.3 is 0 Å². The molecule has 0 aliphatic heterocycles. The van der Waals surface area contributed by atoms with Gasteiger partial charge in [-0.2, -0.15) is 0 Å². The summed E-state index contributed by atoms with van der Waals surface area (Å²) in [5.74, 6) is -0.879. The molecule has 1 aromatic heterocycles. The number of rotatable bonds is 12. The van der Waals surface area contributed by atoms with Gasteiger partial charge in [0.2, 0.25) is 0 Å². The van der Waals surface area contributed by atoms with Gasteiger partial charge in [0, 0.05) is 30.7 Å². The van der Waals surface area contributed by atoms with Crippen LogP contribution in [0, 0.1) is 5.82 Å². The van der Waals surface area contributed by atoms with Gasteiger partial charge in [-0.1, -0.05) is 18.0 Å². The zero-order chi connectivity index (χ0) is 20.6. The number of nitrogens with two attached hydrogens (primary N) is 1. The number of nitrogens with one attached hydrogen (secondary N) is 3. The van der Waals surface area contributed by atoms with Crippen LogP contribution in [0.3, 0.4) is 0 Å². The Balaban J connectivity index is 1.86. The van der Waals surface area contributed by atoms with E-state index in [9.17, 15) is 12.8 Å². The molecule has 0 fully saturated rings. The molecule has 2 rings (SSSR count). The first-order valence-corrected chi connectivity index (χ1v) is 11.6. The number of sulfonamides is 1. The molecule has 11 heteroatoms. The highest BCUT2D eigenvalue weighted by Crippen LogP contribution is 2.29. The normalized spacial score (nSPS) is 12.7. The molecule has 0 saturated carbocycles. The number of aromatic nitrogens is 1. The van der Waals surface area contributed by atoms with Gasteiger partial charge < -0.3 is 16.4 Å². The lowest BCUT2D eigenvalue weighted by Crippen LogP contribution is -2.31. The number of hydrogen-bond acceptors (Lipinski definition) is 7. The monoisotopic (exact) mass is 449 g/mol. The second-order valence-corrected chi connectivity index (χ2v) is 9.33. The van der Waals surface area contributed by atoms with Gasteiger partial charge in [0.1, 0.15) is 10.7 Å². The number of nitrogens with zero attached hydrogens (tertiary/aromatic N) is 1. The third kappa shape index (κ3) is 7.17. The Labute approximate surface area is 173 Å². The minimum absolute atomic E-state index is 0.138. The van der Waals surface area contributed by atoms with Crippen LogP contribution in [0.1, 0.15) is 26.2 Å². The molecule has 0 aliphatic carbocycles. The molecule has 0 spiro atoms. The van der Waals surface area contributed by atoms with E-state index < -0.39 is 20.7 Å². The van der Waals surface area contributed by atoms with Crippen molar-refractivity contribution < 1.29 is 12.8 Å². The quantitative estimate of drug-likeness (QED) is 0.370. The molecule has 1 atom stereocenters. The molecule has 2 aromatic rings. The highest BCUT2D eigenvalue weighted by molar-refractivity contribution is 7.93. The summed E-state index contributed by atoms with van der Waals surface area (Å²) >= 11 is 7.24. The average molecular weight is 450 g/mol. The van der Waals surface area contributed by atoms with Gasteiger partial charge in [-0.05, 0) is 38.4 Å².